The Kier molecular flexibility index (Phi) is 7.28. The van der Waals surface area contributed by atoms with E-state index in [1.54, 1.807) is 18.2 Å². The molecule has 6 nitrogen and oxygen atoms in total. The van der Waals surface area contributed by atoms with Crippen LogP contribution in [0.15, 0.2) is 53.3 Å². The van der Waals surface area contributed by atoms with E-state index in [4.69, 9.17) is 14.2 Å². The first-order valence-corrected chi connectivity index (χ1v) is 9.82. The molecule has 0 unspecified atom stereocenters. The Morgan fingerprint density at radius 2 is 1.79 bits per heavy atom. The van der Waals surface area contributed by atoms with E-state index in [9.17, 15) is 9.59 Å². The number of unbranched alkanes of at least 4 members (excludes halogenated alkanes) is 3. The minimum absolute atomic E-state index is 0.124. The molecule has 0 spiro atoms. The maximum absolute atomic E-state index is 12.4. The van der Waals surface area contributed by atoms with Gasteiger partial charge in [-0.25, -0.2) is 0 Å². The number of hydrogen-bond acceptors (Lipinski definition) is 5. The van der Waals surface area contributed by atoms with Gasteiger partial charge in [-0.1, -0.05) is 56.5 Å². The molecule has 152 valence electrons. The van der Waals surface area contributed by atoms with Gasteiger partial charge in [0.05, 0.1) is 12.1 Å². The molecule has 0 saturated heterocycles. The van der Waals surface area contributed by atoms with E-state index in [0.717, 1.165) is 31.2 Å². The van der Waals surface area contributed by atoms with Crippen molar-refractivity contribution in [1.29, 1.82) is 0 Å². The Labute approximate surface area is 169 Å². The molecule has 1 aromatic heterocycles. The fraction of sp³-hybridized carbons (Fsp3) is 0.304. The van der Waals surface area contributed by atoms with Gasteiger partial charge in [0, 0.05) is 11.5 Å². The summed E-state index contributed by atoms with van der Waals surface area (Å²) in [5.74, 6) is 0.776. The van der Waals surface area contributed by atoms with Gasteiger partial charge in [0.25, 0.3) is 12.0 Å². The molecule has 0 fully saturated rings. The van der Waals surface area contributed by atoms with E-state index in [-0.39, 0.29) is 18.0 Å². The van der Waals surface area contributed by atoms with Crippen molar-refractivity contribution in [1.82, 2.24) is 4.98 Å². The summed E-state index contributed by atoms with van der Waals surface area (Å²) in [6.07, 6.45) is 4.15. The zero-order valence-electron chi connectivity index (χ0n) is 16.5. The number of fused-ring (bicyclic) bond motifs is 1. The first-order valence-electron chi connectivity index (χ1n) is 9.82. The lowest BCUT2D eigenvalue weighted by Crippen LogP contribution is -2.13. The molecule has 1 heterocycles. The van der Waals surface area contributed by atoms with Gasteiger partial charge in [-0.3, -0.25) is 9.59 Å². The van der Waals surface area contributed by atoms with Gasteiger partial charge in [0.15, 0.2) is 5.75 Å². The number of carbonyl (C=O) groups excluding carboxylic acids is 1. The molecule has 2 aromatic carbocycles. The average Bonchev–Trinajstić information content (AvgIpc) is 2.74. The Hall–Kier alpha value is -3.28. The van der Waals surface area contributed by atoms with Gasteiger partial charge >= 0.3 is 0 Å². The smallest absolute Gasteiger partial charge is 0.298 e. The lowest BCUT2D eigenvalue weighted by molar-refractivity contribution is -0.120. The number of aromatic amines is 1. The largest absolute Gasteiger partial charge is 0.489 e. The minimum atomic E-state index is -0.520. The molecule has 0 bridgehead atoms. The molecule has 0 aliphatic rings. The molecular weight excluding hydrogens is 370 g/mol. The summed E-state index contributed by atoms with van der Waals surface area (Å²) >= 11 is 0. The number of hydrogen-bond donors (Lipinski definition) is 1. The van der Waals surface area contributed by atoms with Crippen LogP contribution in [0, 0.1) is 0 Å². The molecule has 0 saturated carbocycles. The Bertz CT molecular complexity index is 997. The fourth-order valence-corrected chi connectivity index (χ4v) is 3.06. The number of ether oxygens (including phenoxy) is 3. The highest BCUT2D eigenvalue weighted by atomic mass is 16.5. The monoisotopic (exact) mass is 395 g/mol. The van der Waals surface area contributed by atoms with Crippen molar-refractivity contribution in [3.8, 4) is 17.2 Å². The van der Waals surface area contributed by atoms with Crippen LogP contribution in [-0.4, -0.2) is 18.1 Å². The van der Waals surface area contributed by atoms with Crippen molar-refractivity contribution in [2.45, 2.75) is 39.2 Å². The Balaban J connectivity index is 1.84. The van der Waals surface area contributed by atoms with E-state index in [2.05, 4.69) is 11.9 Å². The van der Waals surface area contributed by atoms with Gasteiger partial charge < -0.3 is 19.2 Å². The van der Waals surface area contributed by atoms with Gasteiger partial charge in [0.2, 0.25) is 5.75 Å². The first kappa shape index (κ1) is 20.5. The van der Waals surface area contributed by atoms with Gasteiger partial charge in [0.1, 0.15) is 12.4 Å². The lowest BCUT2D eigenvalue weighted by Gasteiger charge is -2.13. The fourth-order valence-electron chi connectivity index (χ4n) is 3.06. The third-order valence-electron chi connectivity index (χ3n) is 4.55. The van der Waals surface area contributed by atoms with Crippen LogP contribution in [0.5, 0.6) is 17.2 Å². The highest BCUT2D eigenvalue weighted by Crippen LogP contribution is 2.33. The molecule has 29 heavy (non-hydrogen) atoms. The molecule has 0 radical (unpaired) electrons. The number of aromatic nitrogens is 1. The van der Waals surface area contributed by atoms with Gasteiger partial charge in [-0.15, -0.1) is 0 Å². The highest BCUT2D eigenvalue weighted by Gasteiger charge is 2.16. The quantitative estimate of drug-likeness (QED) is 0.379. The topological polar surface area (TPSA) is 77.6 Å². The summed E-state index contributed by atoms with van der Waals surface area (Å²) in [5.41, 5.74) is 1.09. The number of carbonyl (C=O) groups is 1. The predicted octanol–water partition coefficient (Wildman–Crippen LogP) is 4.60. The standard InChI is InChI=1S/C23H25NO5/c1-2-3-4-8-13-27-21-19-12-11-18(28-15-17-9-6-5-7-10-17)14-20(19)24-23(26)22(21)29-16-25/h5-7,9-12,14,16H,2-4,8,13,15H2,1H3,(H,24,26). The Morgan fingerprint density at radius 3 is 2.55 bits per heavy atom. The molecule has 0 atom stereocenters. The van der Waals surface area contributed by atoms with Crippen molar-refractivity contribution in [2.24, 2.45) is 0 Å². The third-order valence-corrected chi connectivity index (χ3v) is 4.55. The van der Waals surface area contributed by atoms with Crippen LogP contribution in [0.1, 0.15) is 38.2 Å². The maximum Gasteiger partial charge on any atom is 0.298 e. The SMILES string of the molecule is CCCCCCOc1c(OC=O)c(=O)[nH]c2cc(OCc3ccccc3)ccc12. The van der Waals surface area contributed by atoms with Crippen LogP contribution in [0.2, 0.25) is 0 Å². The van der Waals surface area contributed by atoms with Crippen LogP contribution < -0.4 is 19.8 Å². The maximum atomic E-state index is 12.4. The molecule has 3 rings (SSSR count). The summed E-state index contributed by atoms with van der Waals surface area (Å²) in [4.78, 5) is 26.0. The Morgan fingerprint density at radius 1 is 0.966 bits per heavy atom. The number of rotatable bonds is 11. The van der Waals surface area contributed by atoms with E-state index in [1.807, 2.05) is 30.3 Å². The first-order chi connectivity index (χ1) is 14.2. The zero-order valence-corrected chi connectivity index (χ0v) is 16.5. The molecule has 0 amide bonds. The second kappa shape index (κ2) is 10.3. The highest BCUT2D eigenvalue weighted by molar-refractivity contribution is 5.88. The molecular formula is C23H25NO5. The van der Waals surface area contributed by atoms with E-state index < -0.39 is 5.56 Å². The summed E-state index contributed by atoms with van der Waals surface area (Å²) in [6.45, 7) is 3.24. The number of H-pyrrole nitrogens is 1. The van der Waals surface area contributed by atoms with Crippen LogP contribution in [0.3, 0.4) is 0 Å². The van der Waals surface area contributed by atoms with Gasteiger partial charge in [-0.2, -0.15) is 0 Å². The number of pyridine rings is 1. The van der Waals surface area contributed by atoms with E-state index >= 15 is 0 Å². The molecule has 0 aliphatic heterocycles. The van der Waals surface area contributed by atoms with Crippen LogP contribution >= 0.6 is 0 Å². The zero-order chi connectivity index (χ0) is 20.5. The second-order valence-corrected chi connectivity index (χ2v) is 6.72. The van der Waals surface area contributed by atoms with Crippen molar-refractivity contribution in [3.63, 3.8) is 0 Å². The van der Waals surface area contributed by atoms with E-state index in [0.29, 0.717) is 29.9 Å². The predicted molar refractivity (Wildman–Crippen MR) is 112 cm³/mol. The average molecular weight is 395 g/mol. The van der Waals surface area contributed by atoms with E-state index in [1.165, 1.54) is 0 Å². The van der Waals surface area contributed by atoms with Crippen molar-refractivity contribution >= 4 is 17.4 Å². The molecule has 1 N–H and O–H groups in total. The molecule has 6 heteroatoms. The number of benzene rings is 2. The number of nitrogens with one attached hydrogen (secondary N) is 1. The summed E-state index contributed by atoms with van der Waals surface area (Å²) < 4.78 is 16.6. The minimum Gasteiger partial charge on any atom is -0.489 e. The lowest BCUT2D eigenvalue weighted by atomic mass is 10.1. The van der Waals surface area contributed by atoms with Crippen molar-refractivity contribution in [2.75, 3.05) is 6.61 Å². The summed E-state index contributed by atoms with van der Waals surface area (Å²) in [5, 5.41) is 0.656. The van der Waals surface area contributed by atoms with Crippen LogP contribution in [0.25, 0.3) is 10.9 Å². The van der Waals surface area contributed by atoms with Crippen molar-refractivity contribution < 1.29 is 19.0 Å². The summed E-state index contributed by atoms with van der Waals surface area (Å²) in [7, 11) is 0. The second-order valence-electron chi connectivity index (χ2n) is 6.72. The summed E-state index contributed by atoms with van der Waals surface area (Å²) in [6, 6.07) is 15.2. The molecule has 3 aromatic rings. The van der Waals surface area contributed by atoms with Crippen LogP contribution in [0.4, 0.5) is 0 Å². The normalized spacial score (nSPS) is 10.7. The third kappa shape index (κ3) is 5.38. The van der Waals surface area contributed by atoms with Crippen molar-refractivity contribution in [3.05, 3.63) is 64.4 Å². The molecule has 0 aliphatic carbocycles. The van der Waals surface area contributed by atoms with Gasteiger partial charge in [-0.05, 0) is 24.1 Å². The van der Waals surface area contributed by atoms with Crippen LogP contribution in [-0.2, 0) is 11.4 Å².